The minimum atomic E-state index is 0.546. The molecule has 0 fully saturated rings. The SMILES string of the molecule is NCCc1nocc1-c1ccccc1Cl. The van der Waals surface area contributed by atoms with Gasteiger partial charge in [0.2, 0.25) is 0 Å². The van der Waals surface area contributed by atoms with E-state index in [0.717, 1.165) is 16.8 Å². The van der Waals surface area contributed by atoms with E-state index in [1.54, 1.807) is 6.26 Å². The lowest BCUT2D eigenvalue weighted by molar-refractivity contribution is 0.412. The van der Waals surface area contributed by atoms with Gasteiger partial charge in [0.05, 0.1) is 5.69 Å². The fraction of sp³-hybridized carbons (Fsp3) is 0.182. The molecule has 0 aliphatic carbocycles. The third-order valence-electron chi connectivity index (χ3n) is 2.19. The molecule has 4 heteroatoms. The summed E-state index contributed by atoms with van der Waals surface area (Å²) in [5.74, 6) is 0. The number of hydrogen-bond acceptors (Lipinski definition) is 3. The third kappa shape index (κ3) is 2.03. The highest BCUT2D eigenvalue weighted by Gasteiger charge is 2.11. The van der Waals surface area contributed by atoms with Crippen molar-refractivity contribution in [2.75, 3.05) is 6.54 Å². The minimum Gasteiger partial charge on any atom is -0.364 e. The first-order chi connectivity index (χ1) is 7.33. The van der Waals surface area contributed by atoms with Crippen molar-refractivity contribution in [1.29, 1.82) is 0 Å². The Morgan fingerprint density at radius 1 is 1.27 bits per heavy atom. The Balaban J connectivity index is 2.45. The van der Waals surface area contributed by atoms with Gasteiger partial charge in [-0.1, -0.05) is 35.0 Å². The van der Waals surface area contributed by atoms with Gasteiger partial charge in [-0.3, -0.25) is 0 Å². The van der Waals surface area contributed by atoms with Gasteiger partial charge in [0.1, 0.15) is 6.26 Å². The molecule has 0 radical (unpaired) electrons. The molecule has 15 heavy (non-hydrogen) atoms. The van der Waals surface area contributed by atoms with E-state index in [4.69, 9.17) is 21.9 Å². The van der Waals surface area contributed by atoms with Gasteiger partial charge in [0.25, 0.3) is 0 Å². The van der Waals surface area contributed by atoms with Crippen molar-refractivity contribution in [1.82, 2.24) is 5.16 Å². The first-order valence-electron chi connectivity index (χ1n) is 4.71. The smallest absolute Gasteiger partial charge is 0.131 e. The van der Waals surface area contributed by atoms with Crippen LogP contribution in [0.25, 0.3) is 11.1 Å². The number of rotatable bonds is 3. The van der Waals surface area contributed by atoms with E-state index in [0.29, 0.717) is 18.0 Å². The molecule has 0 unspecified atom stereocenters. The Hall–Kier alpha value is -1.32. The minimum absolute atomic E-state index is 0.546. The van der Waals surface area contributed by atoms with Crippen molar-refractivity contribution in [3.05, 3.63) is 41.2 Å². The number of halogens is 1. The van der Waals surface area contributed by atoms with E-state index in [9.17, 15) is 0 Å². The quantitative estimate of drug-likeness (QED) is 0.868. The molecular weight excluding hydrogens is 212 g/mol. The van der Waals surface area contributed by atoms with E-state index >= 15 is 0 Å². The molecule has 1 heterocycles. The first kappa shape index (κ1) is 10.2. The Morgan fingerprint density at radius 2 is 2.07 bits per heavy atom. The number of aromatic nitrogens is 1. The van der Waals surface area contributed by atoms with Crippen molar-refractivity contribution in [3.8, 4) is 11.1 Å². The summed E-state index contributed by atoms with van der Waals surface area (Å²) in [7, 11) is 0. The van der Waals surface area contributed by atoms with E-state index in [1.807, 2.05) is 24.3 Å². The molecule has 3 nitrogen and oxygen atoms in total. The van der Waals surface area contributed by atoms with Crippen molar-refractivity contribution in [2.24, 2.45) is 5.73 Å². The van der Waals surface area contributed by atoms with Crippen LogP contribution in [-0.2, 0) is 6.42 Å². The maximum absolute atomic E-state index is 6.09. The zero-order chi connectivity index (χ0) is 10.7. The summed E-state index contributed by atoms with van der Waals surface area (Å²) in [4.78, 5) is 0. The molecule has 0 saturated heterocycles. The summed E-state index contributed by atoms with van der Waals surface area (Å²) >= 11 is 6.09. The van der Waals surface area contributed by atoms with Gasteiger partial charge in [0.15, 0.2) is 0 Å². The van der Waals surface area contributed by atoms with Crippen LogP contribution in [0.1, 0.15) is 5.69 Å². The predicted octanol–water partition coefficient (Wildman–Crippen LogP) is 2.50. The Labute approximate surface area is 92.8 Å². The highest BCUT2D eigenvalue weighted by atomic mass is 35.5. The van der Waals surface area contributed by atoms with Crippen LogP contribution in [-0.4, -0.2) is 11.7 Å². The lowest BCUT2D eigenvalue weighted by atomic mass is 10.1. The van der Waals surface area contributed by atoms with Crippen LogP contribution >= 0.6 is 11.6 Å². The maximum atomic E-state index is 6.09. The van der Waals surface area contributed by atoms with Crippen LogP contribution in [0, 0.1) is 0 Å². The molecule has 0 saturated carbocycles. The van der Waals surface area contributed by atoms with Crippen LogP contribution in [0.4, 0.5) is 0 Å². The second kappa shape index (κ2) is 4.47. The van der Waals surface area contributed by atoms with Crippen LogP contribution in [0.15, 0.2) is 35.1 Å². The molecule has 0 aliphatic heterocycles. The van der Waals surface area contributed by atoms with E-state index in [-0.39, 0.29) is 0 Å². The zero-order valence-corrected chi connectivity index (χ0v) is 8.87. The van der Waals surface area contributed by atoms with Gasteiger partial charge >= 0.3 is 0 Å². The molecule has 2 rings (SSSR count). The van der Waals surface area contributed by atoms with Crippen LogP contribution in [0.3, 0.4) is 0 Å². The predicted molar refractivity (Wildman–Crippen MR) is 59.7 cm³/mol. The van der Waals surface area contributed by atoms with Gasteiger partial charge in [-0.05, 0) is 12.6 Å². The monoisotopic (exact) mass is 222 g/mol. The summed E-state index contributed by atoms with van der Waals surface area (Å²) in [6, 6.07) is 7.60. The van der Waals surface area contributed by atoms with Crippen molar-refractivity contribution >= 4 is 11.6 Å². The highest BCUT2D eigenvalue weighted by molar-refractivity contribution is 6.33. The molecular formula is C11H11ClN2O. The molecule has 1 aromatic heterocycles. The summed E-state index contributed by atoms with van der Waals surface area (Å²) in [6.07, 6.45) is 2.29. The summed E-state index contributed by atoms with van der Waals surface area (Å²) in [5, 5.41) is 4.60. The molecule has 0 aliphatic rings. The molecule has 0 bridgehead atoms. The second-order valence-electron chi connectivity index (χ2n) is 3.19. The van der Waals surface area contributed by atoms with E-state index < -0.39 is 0 Å². The van der Waals surface area contributed by atoms with Gasteiger partial charge in [-0.15, -0.1) is 0 Å². The molecule has 2 aromatic rings. The lowest BCUT2D eigenvalue weighted by Crippen LogP contribution is -2.03. The van der Waals surface area contributed by atoms with Crippen LogP contribution < -0.4 is 5.73 Å². The highest BCUT2D eigenvalue weighted by Crippen LogP contribution is 2.29. The van der Waals surface area contributed by atoms with E-state index in [1.165, 1.54) is 0 Å². The maximum Gasteiger partial charge on any atom is 0.131 e. The molecule has 0 amide bonds. The standard InChI is InChI=1S/C11H11ClN2O/c12-10-4-2-1-3-8(10)9-7-15-14-11(9)5-6-13/h1-4,7H,5-6,13H2. The number of nitrogens with two attached hydrogens (primary N) is 1. The lowest BCUT2D eigenvalue weighted by Gasteiger charge is -2.02. The molecule has 1 aromatic carbocycles. The Morgan fingerprint density at radius 3 is 2.80 bits per heavy atom. The van der Waals surface area contributed by atoms with Crippen molar-refractivity contribution in [2.45, 2.75) is 6.42 Å². The summed E-state index contributed by atoms with van der Waals surface area (Å²) in [6.45, 7) is 0.546. The Kier molecular flexibility index (Phi) is 3.04. The van der Waals surface area contributed by atoms with Crippen LogP contribution in [0.5, 0.6) is 0 Å². The molecule has 0 spiro atoms. The fourth-order valence-corrected chi connectivity index (χ4v) is 1.71. The zero-order valence-electron chi connectivity index (χ0n) is 8.11. The number of hydrogen-bond donors (Lipinski definition) is 1. The van der Waals surface area contributed by atoms with Crippen molar-refractivity contribution in [3.63, 3.8) is 0 Å². The molecule has 78 valence electrons. The normalized spacial score (nSPS) is 10.5. The van der Waals surface area contributed by atoms with Crippen LogP contribution in [0.2, 0.25) is 5.02 Å². The van der Waals surface area contributed by atoms with Crippen molar-refractivity contribution < 1.29 is 4.52 Å². The fourth-order valence-electron chi connectivity index (χ4n) is 1.48. The largest absolute Gasteiger partial charge is 0.364 e. The molecule has 2 N–H and O–H groups in total. The van der Waals surface area contributed by atoms with Gasteiger partial charge in [0, 0.05) is 22.6 Å². The number of nitrogens with zero attached hydrogens (tertiary/aromatic N) is 1. The van der Waals surface area contributed by atoms with Gasteiger partial charge in [-0.25, -0.2) is 0 Å². The molecule has 0 atom stereocenters. The topological polar surface area (TPSA) is 52.0 Å². The average Bonchev–Trinajstić information content (AvgIpc) is 2.67. The van der Waals surface area contributed by atoms with E-state index in [2.05, 4.69) is 5.16 Å². The number of benzene rings is 1. The average molecular weight is 223 g/mol. The Bertz CT molecular complexity index is 453. The summed E-state index contributed by atoms with van der Waals surface area (Å²) < 4.78 is 4.94. The van der Waals surface area contributed by atoms with Gasteiger partial charge < -0.3 is 10.3 Å². The first-order valence-corrected chi connectivity index (χ1v) is 5.09. The third-order valence-corrected chi connectivity index (χ3v) is 2.52. The summed E-state index contributed by atoms with van der Waals surface area (Å²) in [5.41, 5.74) is 8.20. The second-order valence-corrected chi connectivity index (χ2v) is 3.60. The van der Waals surface area contributed by atoms with Gasteiger partial charge in [-0.2, -0.15) is 0 Å².